The maximum atomic E-state index is 5.42. The van der Waals surface area contributed by atoms with E-state index in [4.69, 9.17) is 4.52 Å². The molecule has 102 valence electrons. The number of likely N-dealkylation sites (N-methyl/N-ethyl adjacent to an activating group) is 1. The molecule has 0 saturated carbocycles. The standard InChI is InChI=1S/C13H19N5O/c1-8(14-2)5-12-16-13(19-18-12)9-3-4-10-7-15-17-11(10)6-9/h7-9,14H,3-6H2,1-2H3,(H,15,17). The predicted octanol–water partition coefficient (Wildman–Crippen LogP) is 1.22. The Labute approximate surface area is 112 Å². The molecule has 2 aromatic rings. The Kier molecular flexibility index (Phi) is 3.33. The van der Waals surface area contributed by atoms with Crippen molar-refractivity contribution in [1.82, 2.24) is 25.7 Å². The van der Waals surface area contributed by atoms with Gasteiger partial charge in [0.05, 0.1) is 6.20 Å². The van der Waals surface area contributed by atoms with Crippen LogP contribution < -0.4 is 5.32 Å². The van der Waals surface area contributed by atoms with Crippen molar-refractivity contribution in [2.24, 2.45) is 0 Å². The van der Waals surface area contributed by atoms with Crippen LogP contribution in [0.4, 0.5) is 0 Å². The molecule has 0 aromatic carbocycles. The number of hydrogen-bond donors (Lipinski definition) is 2. The fourth-order valence-corrected chi connectivity index (χ4v) is 2.51. The highest BCUT2D eigenvalue weighted by Gasteiger charge is 2.26. The van der Waals surface area contributed by atoms with Gasteiger partial charge in [-0.3, -0.25) is 5.10 Å². The van der Waals surface area contributed by atoms with Crippen molar-refractivity contribution in [3.05, 3.63) is 29.2 Å². The highest BCUT2D eigenvalue weighted by Crippen LogP contribution is 2.30. The van der Waals surface area contributed by atoms with E-state index < -0.39 is 0 Å². The number of H-pyrrole nitrogens is 1. The summed E-state index contributed by atoms with van der Waals surface area (Å²) in [6.07, 6.45) is 5.71. The molecule has 3 rings (SSSR count). The minimum atomic E-state index is 0.319. The Morgan fingerprint density at radius 3 is 3.32 bits per heavy atom. The monoisotopic (exact) mass is 261 g/mol. The van der Waals surface area contributed by atoms with Crippen LogP contribution in [-0.4, -0.2) is 33.4 Å². The van der Waals surface area contributed by atoms with Crippen LogP contribution in [0.15, 0.2) is 10.7 Å². The summed E-state index contributed by atoms with van der Waals surface area (Å²) in [5.41, 5.74) is 2.53. The fraction of sp³-hybridized carbons (Fsp3) is 0.615. The van der Waals surface area contributed by atoms with Gasteiger partial charge in [0.15, 0.2) is 5.82 Å². The molecule has 6 heteroatoms. The van der Waals surface area contributed by atoms with Gasteiger partial charge in [0.25, 0.3) is 0 Å². The van der Waals surface area contributed by atoms with Crippen LogP contribution in [0, 0.1) is 0 Å². The second-order valence-electron chi connectivity index (χ2n) is 5.26. The molecule has 2 heterocycles. The third-order valence-corrected chi connectivity index (χ3v) is 3.83. The molecule has 0 saturated heterocycles. The Balaban J connectivity index is 1.70. The molecule has 0 amide bonds. The van der Waals surface area contributed by atoms with E-state index in [1.807, 2.05) is 13.2 Å². The first-order valence-corrected chi connectivity index (χ1v) is 6.77. The molecule has 0 radical (unpaired) electrons. The molecule has 1 aliphatic carbocycles. The lowest BCUT2D eigenvalue weighted by molar-refractivity contribution is 0.335. The maximum Gasteiger partial charge on any atom is 0.230 e. The number of aromatic nitrogens is 4. The average Bonchev–Trinajstić information content (AvgIpc) is 3.05. The van der Waals surface area contributed by atoms with E-state index in [0.717, 1.165) is 37.4 Å². The molecular formula is C13H19N5O. The van der Waals surface area contributed by atoms with E-state index in [1.165, 1.54) is 11.3 Å². The van der Waals surface area contributed by atoms with Crippen molar-refractivity contribution in [3.8, 4) is 0 Å². The van der Waals surface area contributed by atoms with E-state index in [-0.39, 0.29) is 0 Å². The number of hydrogen-bond acceptors (Lipinski definition) is 5. The van der Waals surface area contributed by atoms with Gasteiger partial charge >= 0.3 is 0 Å². The summed E-state index contributed by atoms with van der Waals surface area (Å²) >= 11 is 0. The topological polar surface area (TPSA) is 79.6 Å². The lowest BCUT2D eigenvalue weighted by Gasteiger charge is -2.17. The number of rotatable bonds is 4. The van der Waals surface area contributed by atoms with E-state index >= 15 is 0 Å². The van der Waals surface area contributed by atoms with E-state index in [0.29, 0.717) is 12.0 Å². The van der Waals surface area contributed by atoms with Gasteiger partial charge < -0.3 is 9.84 Å². The van der Waals surface area contributed by atoms with Crippen molar-refractivity contribution in [2.45, 2.75) is 44.6 Å². The minimum absolute atomic E-state index is 0.319. The Bertz CT molecular complexity index is 547. The summed E-state index contributed by atoms with van der Waals surface area (Å²) < 4.78 is 5.42. The van der Waals surface area contributed by atoms with Gasteiger partial charge in [0, 0.05) is 30.5 Å². The molecule has 2 N–H and O–H groups in total. The smallest absolute Gasteiger partial charge is 0.230 e. The van der Waals surface area contributed by atoms with Crippen molar-refractivity contribution >= 4 is 0 Å². The maximum absolute atomic E-state index is 5.42. The van der Waals surface area contributed by atoms with Crippen LogP contribution in [0.25, 0.3) is 0 Å². The average molecular weight is 261 g/mol. The van der Waals surface area contributed by atoms with E-state index in [1.54, 1.807) is 0 Å². The van der Waals surface area contributed by atoms with Crippen LogP contribution in [-0.2, 0) is 19.3 Å². The van der Waals surface area contributed by atoms with Crippen molar-refractivity contribution < 1.29 is 4.52 Å². The Morgan fingerprint density at radius 2 is 2.47 bits per heavy atom. The molecule has 2 aromatic heterocycles. The minimum Gasteiger partial charge on any atom is -0.339 e. The number of aromatic amines is 1. The first kappa shape index (κ1) is 12.3. The van der Waals surface area contributed by atoms with Crippen molar-refractivity contribution in [3.63, 3.8) is 0 Å². The summed E-state index contributed by atoms with van der Waals surface area (Å²) in [5, 5.41) is 14.4. The Morgan fingerprint density at radius 1 is 1.58 bits per heavy atom. The summed E-state index contributed by atoms with van der Waals surface area (Å²) in [4.78, 5) is 4.53. The van der Waals surface area contributed by atoms with Crippen LogP contribution >= 0.6 is 0 Å². The molecule has 19 heavy (non-hydrogen) atoms. The van der Waals surface area contributed by atoms with Gasteiger partial charge in [0.2, 0.25) is 5.89 Å². The SMILES string of the molecule is CNC(C)Cc1noc(C2CCc3cn[nH]c3C2)n1. The predicted molar refractivity (Wildman–Crippen MR) is 69.9 cm³/mol. The molecule has 2 atom stereocenters. The van der Waals surface area contributed by atoms with Crippen LogP contribution in [0.5, 0.6) is 0 Å². The lowest BCUT2D eigenvalue weighted by Crippen LogP contribution is -2.24. The third-order valence-electron chi connectivity index (χ3n) is 3.83. The van der Waals surface area contributed by atoms with Gasteiger partial charge in [-0.05, 0) is 32.4 Å². The van der Waals surface area contributed by atoms with Gasteiger partial charge in [-0.15, -0.1) is 0 Å². The van der Waals surface area contributed by atoms with E-state index in [9.17, 15) is 0 Å². The zero-order valence-electron chi connectivity index (χ0n) is 11.3. The molecule has 2 unspecified atom stereocenters. The van der Waals surface area contributed by atoms with Crippen LogP contribution in [0.2, 0.25) is 0 Å². The van der Waals surface area contributed by atoms with Crippen molar-refractivity contribution in [1.29, 1.82) is 0 Å². The number of fused-ring (bicyclic) bond motifs is 1. The molecular weight excluding hydrogens is 242 g/mol. The normalized spacial score (nSPS) is 20.2. The summed E-state index contributed by atoms with van der Waals surface area (Å²) in [6, 6.07) is 0.357. The fourth-order valence-electron chi connectivity index (χ4n) is 2.51. The van der Waals surface area contributed by atoms with Gasteiger partial charge in [-0.2, -0.15) is 10.1 Å². The van der Waals surface area contributed by atoms with Crippen molar-refractivity contribution in [2.75, 3.05) is 7.05 Å². The molecule has 0 bridgehead atoms. The van der Waals surface area contributed by atoms with Gasteiger partial charge in [0.1, 0.15) is 0 Å². The highest BCUT2D eigenvalue weighted by molar-refractivity contribution is 5.22. The number of nitrogens with one attached hydrogen (secondary N) is 2. The second kappa shape index (κ2) is 5.13. The summed E-state index contributed by atoms with van der Waals surface area (Å²) in [6.45, 7) is 2.10. The first-order valence-electron chi connectivity index (χ1n) is 6.77. The Hall–Kier alpha value is -1.69. The van der Waals surface area contributed by atoms with Gasteiger partial charge in [-0.25, -0.2) is 0 Å². The molecule has 0 spiro atoms. The second-order valence-corrected chi connectivity index (χ2v) is 5.26. The molecule has 1 aliphatic rings. The zero-order valence-corrected chi connectivity index (χ0v) is 11.3. The molecule has 0 aliphatic heterocycles. The first-order chi connectivity index (χ1) is 9.26. The molecule has 0 fully saturated rings. The number of aryl methyl sites for hydroxylation is 1. The summed E-state index contributed by atoms with van der Waals surface area (Å²) in [7, 11) is 1.94. The third kappa shape index (κ3) is 2.53. The lowest BCUT2D eigenvalue weighted by atomic mass is 9.88. The van der Waals surface area contributed by atoms with Crippen LogP contribution in [0.1, 0.15) is 42.2 Å². The highest BCUT2D eigenvalue weighted by atomic mass is 16.5. The van der Waals surface area contributed by atoms with E-state index in [2.05, 4.69) is 32.6 Å². The quantitative estimate of drug-likeness (QED) is 0.865. The van der Waals surface area contributed by atoms with Gasteiger partial charge in [-0.1, -0.05) is 5.16 Å². The van der Waals surface area contributed by atoms with Crippen LogP contribution in [0.3, 0.4) is 0 Å². The largest absolute Gasteiger partial charge is 0.339 e. The number of nitrogens with zero attached hydrogens (tertiary/aromatic N) is 3. The zero-order chi connectivity index (χ0) is 13.2. The molecule has 6 nitrogen and oxygen atoms in total. The summed E-state index contributed by atoms with van der Waals surface area (Å²) in [5.74, 6) is 1.87.